The van der Waals surface area contributed by atoms with Crippen molar-refractivity contribution in [2.24, 2.45) is 22.7 Å². The molecule has 7 atom stereocenters. The molecule has 4 aliphatic rings. The van der Waals surface area contributed by atoms with E-state index in [0.29, 0.717) is 32.1 Å². The second-order valence-electron chi connectivity index (χ2n) is 11.7. The number of aliphatic hydroxyl groups excluding tert-OH is 1. The molecule has 0 bridgehead atoms. The number of Topliss-reactive ketones (excluding diaryl/α,β-unsaturated/α-hetero) is 1. The highest BCUT2D eigenvalue weighted by atomic mass is 35.5. The van der Waals surface area contributed by atoms with Gasteiger partial charge in [-0.1, -0.05) is 39.3 Å². The average molecular weight is 551 g/mol. The number of esters is 1. The predicted octanol–water partition coefficient (Wildman–Crippen LogP) is 4.84. The van der Waals surface area contributed by atoms with E-state index in [-0.39, 0.29) is 43.5 Å². The quantitative estimate of drug-likeness (QED) is 0.337. The number of allylic oxidation sites excluding steroid dienone is 4. The van der Waals surface area contributed by atoms with Gasteiger partial charge < -0.3 is 19.3 Å². The third kappa shape index (κ3) is 4.23. The Kier molecular flexibility index (Phi) is 7.90. The molecule has 4 rings (SSSR count). The van der Waals surface area contributed by atoms with Crippen LogP contribution in [0.2, 0.25) is 0 Å². The first-order valence-electron chi connectivity index (χ1n) is 13.8. The molecule has 0 amide bonds. The fourth-order valence-corrected chi connectivity index (χ4v) is 8.30. The molecule has 0 aromatic heterocycles. The van der Waals surface area contributed by atoms with E-state index in [1.807, 2.05) is 33.8 Å². The minimum absolute atomic E-state index is 0.0894. The van der Waals surface area contributed by atoms with Crippen molar-refractivity contribution in [2.75, 3.05) is 13.2 Å². The van der Waals surface area contributed by atoms with Crippen LogP contribution in [0.1, 0.15) is 79.1 Å². The number of aliphatic hydroxyl groups is 1. The van der Waals surface area contributed by atoms with E-state index in [4.69, 9.17) is 25.8 Å². The van der Waals surface area contributed by atoms with E-state index < -0.39 is 51.9 Å². The van der Waals surface area contributed by atoms with Crippen LogP contribution in [0.3, 0.4) is 0 Å². The highest BCUT2D eigenvalue weighted by molar-refractivity contribution is 6.26. The highest BCUT2D eigenvalue weighted by Gasteiger charge is 2.74. The van der Waals surface area contributed by atoms with Gasteiger partial charge in [0.1, 0.15) is 0 Å². The van der Waals surface area contributed by atoms with Crippen molar-refractivity contribution in [3.63, 3.8) is 0 Å². The van der Waals surface area contributed by atoms with E-state index in [2.05, 4.69) is 0 Å². The van der Waals surface area contributed by atoms with Crippen LogP contribution in [-0.4, -0.2) is 58.6 Å². The highest BCUT2D eigenvalue weighted by Crippen LogP contribution is 2.71. The first-order valence-corrected chi connectivity index (χ1v) is 14.1. The summed E-state index contributed by atoms with van der Waals surface area (Å²) in [6.07, 6.45) is 6.39. The summed E-state index contributed by atoms with van der Waals surface area (Å²) in [7, 11) is 0. The Labute approximate surface area is 229 Å². The molecule has 210 valence electrons. The van der Waals surface area contributed by atoms with Gasteiger partial charge in [-0.15, -0.1) is 11.6 Å². The lowest BCUT2D eigenvalue weighted by Crippen LogP contribution is -2.69. The Morgan fingerprint density at radius 2 is 1.84 bits per heavy atom. The third-order valence-corrected chi connectivity index (χ3v) is 10.6. The van der Waals surface area contributed by atoms with E-state index in [9.17, 15) is 24.3 Å². The maximum atomic E-state index is 13.8. The molecule has 1 N–H and O–H groups in total. The van der Waals surface area contributed by atoms with Crippen molar-refractivity contribution in [3.05, 3.63) is 23.8 Å². The van der Waals surface area contributed by atoms with Crippen molar-refractivity contribution < 1.29 is 38.5 Å². The average Bonchev–Trinajstić information content (AvgIpc) is 3.15. The number of fused-ring (bicyclic) bond motifs is 5. The zero-order valence-corrected chi connectivity index (χ0v) is 23.5. The second-order valence-corrected chi connectivity index (χ2v) is 12.3. The van der Waals surface area contributed by atoms with Crippen molar-refractivity contribution in [2.45, 2.75) is 95.6 Å². The van der Waals surface area contributed by atoms with Gasteiger partial charge in [0.2, 0.25) is 5.78 Å². The van der Waals surface area contributed by atoms with Crippen LogP contribution in [0, 0.1) is 22.7 Å². The van der Waals surface area contributed by atoms with E-state index in [1.54, 1.807) is 6.08 Å². The lowest BCUT2D eigenvalue weighted by atomic mass is 9.45. The lowest BCUT2D eigenvalue weighted by Gasteiger charge is -2.63. The van der Waals surface area contributed by atoms with Crippen LogP contribution in [0.15, 0.2) is 23.8 Å². The molecular formula is C29H39ClO8. The van der Waals surface area contributed by atoms with E-state index in [1.165, 1.54) is 6.08 Å². The van der Waals surface area contributed by atoms with Gasteiger partial charge in [-0.25, -0.2) is 4.79 Å². The summed E-state index contributed by atoms with van der Waals surface area (Å²) in [6.45, 7) is 7.15. The van der Waals surface area contributed by atoms with E-state index >= 15 is 0 Å². The zero-order valence-electron chi connectivity index (χ0n) is 22.7. The number of carbonyl (C=O) groups excluding carboxylic acids is 4. The number of hydrogen-bond donors (Lipinski definition) is 1. The molecule has 0 aromatic rings. The monoisotopic (exact) mass is 550 g/mol. The van der Waals surface area contributed by atoms with Gasteiger partial charge >= 0.3 is 12.1 Å². The van der Waals surface area contributed by atoms with Crippen LogP contribution in [0.25, 0.3) is 0 Å². The molecule has 0 radical (unpaired) electrons. The Morgan fingerprint density at radius 1 is 1.11 bits per heavy atom. The fourth-order valence-electron chi connectivity index (χ4n) is 7.78. The number of carbonyl (C=O) groups is 4. The molecule has 0 spiro atoms. The van der Waals surface area contributed by atoms with Crippen LogP contribution >= 0.6 is 11.6 Å². The Morgan fingerprint density at radius 3 is 2.53 bits per heavy atom. The molecule has 0 saturated heterocycles. The van der Waals surface area contributed by atoms with Gasteiger partial charge in [-0.05, 0) is 68.9 Å². The fraction of sp³-hybridized carbons (Fsp3) is 0.724. The number of halogens is 1. The molecular weight excluding hydrogens is 512 g/mol. The predicted molar refractivity (Wildman–Crippen MR) is 139 cm³/mol. The number of ketones is 2. The summed E-state index contributed by atoms with van der Waals surface area (Å²) >= 11 is 7.46. The Bertz CT molecular complexity index is 1070. The standard InChI is InChI=1S/C29H39ClO8/c1-5-7-24(34)37-17-23(33)28(38-25(35)36-14-6-2)13-11-20-21-9-8-18-15-19(31)10-12-26(18,3)29(21,30)22(32)16-27(20,28)4/h10,12,15,20-22,32H,5-9,11,13-14,16-17H2,1-4H3/t20-,21-,22?,26-,27-,28-,29-/m0/s1. The van der Waals surface area contributed by atoms with Crippen LogP contribution in [0.4, 0.5) is 4.79 Å². The first-order chi connectivity index (χ1) is 17.9. The van der Waals surface area contributed by atoms with Crippen LogP contribution < -0.4 is 0 Å². The van der Waals surface area contributed by atoms with Crippen molar-refractivity contribution >= 4 is 35.3 Å². The summed E-state index contributed by atoms with van der Waals surface area (Å²) < 4.78 is 16.4. The summed E-state index contributed by atoms with van der Waals surface area (Å²) in [5.41, 5.74) is -2.44. The van der Waals surface area contributed by atoms with Gasteiger partial charge in [-0.3, -0.25) is 14.4 Å². The molecule has 9 heteroatoms. The molecule has 3 fully saturated rings. The molecule has 3 saturated carbocycles. The molecule has 8 nitrogen and oxygen atoms in total. The van der Waals surface area contributed by atoms with Gasteiger partial charge in [0.15, 0.2) is 18.0 Å². The summed E-state index contributed by atoms with van der Waals surface area (Å²) in [6, 6.07) is 0. The van der Waals surface area contributed by atoms with Crippen molar-refractivity contribution in [3.8, 4) is 0 Å². The largest absolute Gasteiger partial charge is 0.509 e. The summed E-state index contributed by atoms with van der Waals surface area (Å²) in [5, 5.41) is 11.8. The number of alkyl halides is 1. The maximum absolute atomic E-state index is 13.8. The molecule has 4 aliphatic carbocycles. The van der Waals surface area contributed by atoms with Gasteiger partial charge in [0.05, 0.1) is 17.6 Å². The molecule has 0 heterocycles. The molecule has 0 aliphatic heterocycles. The van der Waals surface area contributed by atoms with Gasteiger partial charge in [0, 0.05) is 17.3 Å². The zero-order chi connectivity index (χ0) is 27.9. The summed E-state index contributed by atoms with van der Waals surface area (Å²) in [5.74, 6) is -1.48. The Balaban J connectivity index is 1.72. The normalized spacial score (nSPS) is 39.4. The minimum atomic E-state index is -1.64. The SMILES string of the molecule is CCCOC(=O)O[C@]1(C(=O)COC(=O)CCC)CC[C@H]2[C@@H]3CCC4=CC(=O)C=C[C@]4(C)[C@@]3(Cl)C(O)C[C@@]21C. The Hall–Kier alpha value is -2.19. The molecule has 0 aromatic carbocycles. The first kappa shape index (κ1) is 28.8. The molecule has 1 unspecified atom stereocenters. The van der Waals surface area contributed by atoms with Crippen molar-refractivity contribution in [1.82, 2.24) is 0 Å². The maximum Gasteiger partial charge on any atom is 0.509 e. The van der Waals surface area contributed by atoms with E-state index in [0.717, 1.165) is 5.57 Å². The molecule has 38 heavy (non-hydrogen) atoms. The topological polar surface area (TPSA) is 116 Å². The van der Waals surface area contributed by atoms with Gasteiger partial charge in [-0.2, -0.15) is 0 Å². The number of hydrogen-bond acceptors (Lipinski definition) is 8. The lowest BCUT2D eigenvalue weighted by molar-refractivity contribution is -0.182. The summed E-state index contributed by atoms with van der Waals surface area (Å²) in [4.78, 5) is 49.7. The third-order valence-electron chi connectivity index (χ3n) is 9.71. The number of rotatable bonds is 8. The second kappa shape index (κ2) is 10.4. The minimum Gasteiger partial charge on any atom is -0.457 e. The van der Waals surface area contributed by atoms with Crippen molar-refractivity contribution in [1.29, 1.82) is 0 Å². The number of ether oxygens (including phenoxy) is 3. The van der Waals surface area contributed by atoms with Crippen LogP contribution in [0.5, 0.6) is 0 Å². The van der Waals surface area contributed by atoms with Crippen LogP contribution in [-0.2, 0) is 28.6 Å². The smallest absolute Gasteiger partial charge is 0.457 e. The van der Waals surface area contributed by atoms with Gasteiger partial charge in [0.25, 0.3) is 0 Å².